The van der Waals surface area contributed by atoms with E-state index in [4.69, 9.17) is 9.47 Å². The molecule has 1 saturated heterocycles. The first kappa shape index (κ1) is 17.3. The normalized spacial score (nSPS) is 17.2. The Bertz CT molecular complexity index is 673. The molecule has 2 aromatic rings. The number of likely N-dealkylation sites (tertiary alicyclic amines) is 1. The molecule has 132 valence electrons. The third-order valence-electron chi connectivity index (χ3n) is 4.49. The van der Waals surface area contributed by atoms with Gasteiger partial charge in [0.25, 0.3) is 0 Å². The van der Waals surface area contributed by atoms with E-state index < -0.39 is 0 Å². The molecule has 0 radical (unpaired) electrons. The zero-order chi connectivity index (χ0) is 17.5. The first-order valence-electron chi connectivity index (χ1n) is 8.68. The number of amides is 1. The van der Waals surface area contributed by atoms with Gasteiger partial charge in [0, 0.05) is 31.4 Å². The summed E-state index contributed by atoms with van der Waals surface area (Å²) in [6.07, 6.45) is 6.01. The van der Waals surface area contributed by atoms with Crippen molar-refractivity contribution in [1.29, 1.82) is 0 Å². The summed E-state index contributed by atoms with van der Waals surface area (Å²) in [6.45, 7) is 2.22. The van der Waals surface area contributed by atoms with E-state index in [1.165, 1.54) is 0 Å². The molecule has 1 aliphatic rings. The van der Waals surface area contributed by atoms with Crippen LogP contribution < -0.4 is 9.47 Å². The number of rotatable bonds is 6. The fourth-order valence-corrected chi connectivity index (χ4v) is 3.10. The number of aromatic nitrogens is 1. The van der Waals surface area contributed by atoms with Crippen molar-refractivity contribution in [2.24, 2.45) is 5.92 Å². The minimum Gasteiger partial charge on any atom is -0.497 e. The molecule has 0 aliphatic carbocycles. The van der Waals surface area contributed by atoms with E-state index in [1.54, 1.807) is 19.5 Å². The smallest absolute Gasteiger partial charge is 0.227 e. The predicted octanol–water partition coefficient (Wildman–Crippen LogP) is 2.95. The van der Waals surface area contributed by atoms with Crippen molar-refractivity contribution >= 4 is 5.91 Å². The minimum absolute atomic E-state index is 0.169. The minimum atomic E-state index is 0.169. The Kier molecular flexibility index (Phi) is 5.88. The number of hydrogen-bond acceptors (Lipinski definition) is 4. The fourth-order valence-electron chi connectivity index (χ4n) is 3.10. The zero-order valence-corrected chi connectivity index (χ0v) is 14.6. The van der Waals surface area contributed by atoms with Crippen LogP contribution in [0.4, 0.5) is 0 Å². The Morgan fingerprint density at radius 1 is 1.24 bits per heavy atom. The number of ether oxygens (including phenoxy) is 2. The summed E-state index contributed by atoms with van der Waals surface area (Å²) in [5.41, 5.74) is 0.962. The molecule has 0 N–H and O–H groups in total. The lowest BCUT2D eigenvalue weighted by Crippen LogP contribution is -2.42. The molecule has 0 saturated carbocycles. The molecule has 5 nitrogen and oxygen atoms in total. The standard InChI is InChI=1S/C20H24N2O3/c1-24-18-6-8-19(9-7-18)25-15-17-5-3-11-22(14-17)20(23)12-16-4-2-10-21-13-16/h2,4,6-10,13,17H,3,5,11-12,14-15H2,1H3/t17-/m1/s1. The Labute approximate surface area is 148 Å². The average molecular weight is 340 g/mol. The van der Waals surface area contributed by atoms with Gasteiger partial charge in [-0.3, -0.25) is 9.78 Å². The molecule has 1 aromatic carbocycles. The van der Waals surface area contributed by atoms with Crippen molar-refractivity contribution in [3.8, 4) is 11.5 Å². The van der Waals surface area contributed by atoms with Crippen LogP contribution in [0, 0.1) is 5.92 Å². The summed E-state index contributed by atoms with van der Waals surface area (Å²) in [4.78, 5) is 18.5. The van der Waals surface area contributed by atoms with Crippen LogP contribution in [0.1, 0.15) is 18.4 Å². The van der Waals surface area contributed by atoms with Crippen molar-refractivity contribution in [1.82, 2.24) is 9.88 Å². The van der Waals surface area contributed by atoms with Gasteiger partial charge in [-0.2, -0.15) is 0 Å². The Hall–Kier alpha value is -2.56. The first-order chi connectivity index (χ1) is 12.2. The molecule has 0 unspecified atom stereocenters. The van der Waals surface area contributed by atoms with Crippen LogP contribution in [0.15, 0.2) is 48.8 Å². The van der Waals surface area contributed by atoms with Gasteiger partial charge >= 0.3 is 0 Å². The lowest BCUT2D eigenvalue weighted by Gasteiger charge is -2.32. The van der Waals surface area contributed by atoms with Crippen LogP contribution >= 0.6 is 0 Å². The Morgan fingerprint density at radius 2 is 2.04 bits per heavy atom. The van der Waals surface area contributed by atoms with E-state index in [0.717, 1.165) is 43.0 Å². The van der Waals surface area contributed by atoms with Crippen molar-refractivity contribution in [3.05, 3.63) is 54.4 Å². The van der Waals surface area contributed by atoms with Crippen LogP contribution in [0.25, 0.3) is 0 Å². The van der Waals surface area contributed by atoms with Gasteiger partial charge < -0.3 is 14.4 Å². The highest BCUT2D eigenvalue weighted by molar-refractivity contribution is 5.78. The lowest BCUT2D eigenvalue weighted by atomic mass is 9.98. The lowest BCUT2D eigenvalue weighted by molar-refractivity contribution is -0.132. The highest BCUT2D eigenvalue weighted by Gasteiger charge is 2.24. The molecule has 1 fully saturated rings. The van der Waals surface area contributed by atoms with Gasteiger partial charge in [-0.15, -0.1) is 0 Å². The van der Waals surface area contributed by atoms with Crippen molar-refractivity contribution in [2.45, 2.75) is 19.3 Å². The van der Waals surface area contributed by atoms with Gasteiger partial charge in [-0.25, -0.2) is 0 Å². The molecule has 5 heteroatoms. The van der Waals surface area contributed by atoms with E-state index in [1.807, 2.05) is 41.3 Å². The molecule has 2 heterocycles. The SMILES string of the molecule is COc1ccc(OC[C@@H]2CCCN(C(=O)Cc3cccnc3)C2)cc1. The second-order valence-electron chi connectivity index (χ2n) is 6.37. The molecule has 1 amide bonds. The van der Waals surface area contributed by atoms with E-state index in [-0.39, 0.29) is 5.91 Å². The zero-order valence-electron chi connectivity index (χ0n) is 14.6. The maximum absolute atomic E-state index is 12.5. The maximum Gasteiger partial charge on any atom is 0.227 e. The summed E-state index contributed by atoms with van der Waals surface area (Å²) < 4.78 is 11.0. The maximum atomic E-state index is 12.5. The Balaban J connectivity index is 1.49. The quantitative estimate of drug-likeness (QED) is 0.811. The van der Waals surface area contributed by atoms with Crippen molar-refractivity contribution in [3.63, 3.8) is 0 Å². The van der Waals surface area contributed by atoms with E-state index >= 15 is 0 Å². The van der Waals surface area contributed by atoms with Crippen LogP contribution in [-0.4, -0.2) is 42.6 Å². The molecule has 25 heavy (non-hydrogen) atoms. The summed E-state index contributed by atoms with van der Waals surface area (Å²) >= 11 is 0. The van der Waals surface area contributed by atoms with E-state index in [2.05, 4.69) is 4.98 Å². The third kappa shape index (κ3) is 4.95. The van der Waals surface area contributed by atoms with Crippen molar-refractivity contribution < 1.29 is 14.3 Å². The van der Waals surface area contributed by atoms with E-state index in [9.17, 15) is 4.79 Å². The predicted molar refractivity (Wildman–Crippen MR) is 95.7 cm³/mol. The molecule has 3 rings (SSSR count). The summed E-state index contributed by atoms with van der Waals surface area (Å²) in [6, 6.07) is 11.4. The van der Waals surface area contributed by atoms with E-state index in [0.29, 0.717) is 18.9 Å². The number of piperidine rings is 1. The number of nitrogens with zero attached hydrogens (tertiary/aromatic N) is 2. The second-order valence-corrected chi connectivity index (χ2v) is 6.37. The van der Waals surface area contributed by atoms with Gasteiger partial charge in [0.05, 0.1) is 20.1 Å². The summed E-state index contributed by atoms with van der Waals surface area (Å²) in [5, 5.41) is 0. The van der Waals surface area contributed by atoms with Gasteiger partial charge in [-0.1, -0.05) is 6.07 Å². The summed E-state index contributed by atoms with van der Waals surface area (Å²) in [5.74, 6) is 2.19. The molecule has 1 aromatic heterocycles. The van der Waals surface area contributed by atoms with Crippen LogP contribution in [0.2, 0.25) is 0 Å². The highest BCUT2D eigenvalue weighted by atomic mass is 16.5. The monoisotopic (exact) mass is 340 g/mol. The number of carbonyl (C=O) groups excluding carboxylic acids is 1. The van der Waals surface area contributed by atoms with Gasteiger partial charge in [0.2, 0.25) is 5.91 Å². The number of methoxy groups -OCH3 is 1. The van der Waals surface area contributed by atoms with Gasteiger partial charge in [0.1, 0.15) is 11.5 Å². The highest BCUT2D eigenvalue weighted by Crippen LogP contribution is 2.21. The van der Waals surface area contributed by atoms with Crippen LogP contribution in [0.5, 0.6) is 11.5 Å². The number of carbonyl (C=O) groups is 1. The van der Waals surface area contributed by atoms with Gasteiger partial charge in [0.15, 0.2) is 0 Å². The molecule has 1 atom stereocenters. The van der Waals surface area contributed by atoms with Crippen LogP contribution in [0.3, 0.4) is 0 Å². The largest absolute Gasteiger partial charge is 0.497 e. The number of hydrogen-bond donors (Lipinski definition) is 0. The second kappa shape index (κ2) is 8.51. The Morgan fingerprint density at radius 3 is 2.76 bits per heavy atom. The summed E-state index contributed by atoms with van der Waals surface area (Å²) in [7, 11) is 1.65. The molecule has 0 bridgehead atoms. The third-order valence-corrected chi connectivity index (χ3v) is 4.49. The molecule has 1 aliphatic heterocycles. The first-order valence-corrected chi connectivity index (χ1v) is 8.68. The van der Waals surface area contributed by atoms with Crippen LogP contribution in [-0.2, 0) is 11.2 Å². The molecular weight excluding hydrogens is 316 g/mol. The average Bonchev–Trinajstić information content (AvgIpc) is 2.68. The molecule has 0 spiro atoms. The fraction of sp³-hybridized carbons (Fsp3) is 0.400. The van der Waals surface area contributed by atoms with Gasteiger partial charge in [-0.05, 0) is 48.7 Å². The topological polar surface area (TPSA) is 51.7 Å². The molecular formula is C20H24N2O3. The number of benzene rings is 1. The van der Waals surface area contributed by atoms with Crippen molar-refractivity contribution in [2.75, 3.05) is 26.8 Å². The number of pyridine rings is 1.